The van der Waals surface area contributed by atoms with Crippen LogP contribution >= 0.6 is 0 Å². The summed E-state index contributed by atoms with van der Waals surface area (Å²) >= 11 is 0. The van der Waals surface area contributed by atoms with E-state index >= 15 is 0 Å². The molecule has 0 spiro atoms. The Hall–Kier alpha value is -3.85. The molecular weight excluding hydrogens is 456 g/mol. The van der Waals surface area contributed by atoms with Crippen LogP contribution in [0.3, 0.4) is 0 Å². The van der Waals surface area contributed by atoms with Gasteiger partial charge in [-0.05, 0) is 55.8 Å². The van der Waals surface area contributed by atoms with E-state index in [0.717, 1.165) is 11.1 Å². The van der Waals surface area contributed by atoms with Gasteiger partial charge in [-0.15, -0.1) is 0 Å². The number of rotatable bonds is 10. The minimum Gasteiger partial charge on any atom is -0.497 e. The highest BCUT2D eigenvalue weighted by Gasteiger charge is 2.21. The van der Waals surface area contributed by atoms with Crippen molar-refractivity contribution in [3.63, 3.8) is 0 Å². The lowest BCUT2D eigenvalue weighted by atomic mass is 10.1. The summed E-state index contributed by atoms with van der Waals surface area (Å²) in [4.78, 5) is 12.3. The monoisotopic (exact) mass is 482 g/mol. The highest BCUT2D eigenvalue weighted by atomic mass is 32.2. The number of nitrogens with zero attached hydrogens (tertiary/aromatic N) is 1. The van der Waals surface area contributed by atoms with E-state index in [-0.39, 0.29) is 28.7 Å². The van der Waals surface area contributed by atoms with Gasteiger partial charge in [0.1, 0.15) is 10.6 Å². The Labute approximate surface area is 199 Å². The van der Waals surface area contributed by atoms with Gasteiger partial charge in [0.15, 0.2) is 11.5 Å². The number of para-hydroxylation sites is 1. The van der Waals surface area contributed by atoms with Crippen molar-refractivity contribution in [3.8, 4) is 17.2 Å². The van der Waals surface area contributed by atoms with Gasteiger partial charge in [0, 0.05) is 5.56 Å². The molecule has 0 aliphatic rings. The standard InChI is InChI=1S/C25H26N2O6S/c1-4-32-23-10-6-8-20(25(23)33-34(29,30)22-13-11-18(2)12-14-22)17-26-27-24(28)16-19-7-5-9-21(15-19)31-3/h5-15,17H,4,16H2,1-3H3,(H,27,28). The van der Waals surface area contributed by atoms with Crippen LogP contribution in [0, 0.1) is 6.92 Å². The second-order valence-electron chi connectivity index (χ2n) is 7.28. The number of hydrogen-bond donors (Lipinski definition) is 1. The third-order valence-electron chi connectivity index (χ3n) is 4.70. The first-order valence-electron chi connectivity index (χ1n) is 10.5. The van der Waals surface area contributed by atoms with Crippen molar-refractivity contribution in [1.29, 1.82) is 0 Å². The van der Waals surface area contributed by atoms with Crippen LogP contribution in [0.4, 0.5) is 0 Å². The van der Waals surface area contributed by atoms with Gasteiger partial charge in [-0.25, -0.2) is 5.43 Å². The van der Waals surface area contributed by atoms with Gasteiger partial charge in [0.2, 0.25) is 5.91 Å². The second kappa shape index (κ2) is 11.3. The van der Waals surface area contributed by atoms with E-state index in [1.807, 2.05) is 6.92 Å². The number of ether oxygens (including phenoxy) is 2. The Kier molecular flexibility index (Phi) is 8.26. The van der Waals surface area contributed by atoms with Gasteiger partial charge in [0.05, 0.1) is 26.4 Å². The topological polar surface area (TPSA) is 103 Å². The van der Waals surface area contributed by atoms with Crippen molar-refractivity contribution >= 4 is 22.2 Å². The molecule has 178 valence electrons. The molecule has 9 heteroatoms. The number of methoxy groups -OCH3 is 1. The summed E-state index contributed by atoms with van der Waals surface area (Å²) in [5, 5.41) is 3.97. The lowest BCUT2D eigenvalue weighted by molar-refractivity contribution is -0.120. The zero-order valence-corrected chi connectivity index (χ0v) is 20.0. The normalized spacial score (nSPS) is 11.3. The van der Waals surface area contributed by atoms with Gasteiger partial charge in [0.25, 0.3) is 0 Å². The molecule has 3 aromatic rings. The zero-order chi connectivity index (χ0) is 24.6. The minimum atomic E-state index is -4.12. The number of hydrazone groups is 1. The van der Waals surface area contributed by atoms with Crippen LogP contribution in [-0.4, -0.2) is 34.3 Å². The molecule has 0 atom stereocenters. The SMILES string of the molecule is CCOc1cccc(C=NNC(=O)Cc2cccc(OC)c2)c1OS(=O)(=O)c1ccc(C)cc1. The van der Waals surface area contributed by atoms with E-state index in [1.165, 1.54) is 18.3 Å². The molecule has 0 aliphatic heterocycles. The maximum Gasteiger partial charge on any atom is 0.339 e. The van der Waals surface area contributed by atoms with Crippen LogP contribution in [-0.2, 0) is 21.3 Å². The number of nitrogens with one attached hydrogen (secondary N) is 1. The van der Waals surface area contributed by atoms with Crippen LogP contribution in [0.25, 0.3) is 0 Å². The smallest absolute Gasteiger partial charge is 0.339 e. The van der Waals surface area contributed by atoms with Gasteiger partial charge < -0.3 is 13.7 Å². The summed E-state index contributed by atoms with van der Waals surface area (Å²) in [6.45, 7) is 3.94. The largest absolute Gasteiger partial charge is 0.497 e. The van der Waals surface area contributed by atoms with E-state index in [4.69, 9.17) is 13.7 Å². The lowest BCUT2D eigenvalue weighted by Crippen LogP contribution is -2.20. The van der Waals surface area contributed by atoms with Crippen LogP contribution in [0.1, 0.15) is 23.6 Å². The van der Waals surface area contributed by atoms with Crippen molar-refractivity contribution < 1.29 is 26.9 Å². The fraction of sp³-hybridized carbons (Fsp3) is 0.200. The molecule has 1 amide bonds. The summed E-state index contributed by atoms with van der Waals surface area (Å²) in [6.07, 6.45) is 1.41. The summed E-state index contributed by atoms with van der Waals surface area (Å²) in [5.41, 5.74) is 4.45. The molecule has 0 saturated heterocycles. The van der Waals surface area contributed by atoms with Crippen molar-refractivity contribution in [3.05, 3.63) is 83.4 Å². The van der Waals surface area contributed by atoms with Gasteiger partial charge in [-0.2, -0.15) is 13.5 Å². The molecule has 1 N–H and O–H groups in total. The van der Waals surface area contributed by atoms with Crippen molar-refractivity contribution in [2.24, 2.45) is 5.10 Å². The van der Waals surface area contributed by atoms with E-state index in [9.17, 15) is 13.2 Å². The Bertz CT molecular complexity index is 1270. The quantitative estimate of drug-likeness (QED) is 0.267. The summed E-state index contributed by atoms with van der Waals surface area (Å²) in [5.74, 6) is 0.527. The third kappa shape index (κ3) is 6.58. The third-order valence-corrected chi connectivity index (χ3v) is 5.94. The predicted molar refractivity (Wildman–Crippen MR) is 129 cm³/mol. The van der Waals surface area contributed by atoms with Crippen LogP contribution in [0.5, 0.6) is 17.2 Å². The van der Waals surface area contributed by atoms with Crippen molar-refractivity contribution in [2.45, 2.75) is 25.2 Å². The minimum absolute atomic E-state index is 0.0129. The van der Waals surface area contributed by atoms with Gasteiger partial charge >= 0.3 is 10.1 Å². The fourth-order valence-electron chi connectivity index (χ4n) is 3.04. The molecule has 3 rings (SSSR count). The maximum absolute atomic E-state index is 12.9. The van der Waals surface area contributed by atoms with E-state index in [0.29, 0.717) is 17.9 Å². The molecule has 0 fully saturated rings. The van der Waals surface area contributed by atoms with E-state index < -0.39 is 10.1 Å². The molecule has 0 saturated carbocycles. The Balaban J connectivity index is 1.79. The van der Waals surface area contributed by atoms with Crippen LogP contribution < -0.4 is 19.1 Å². The molecule has 0 radical (unpaired) electrons. The molecule has 0 aliphatic carbocycles. The number of aryl methyl sites for hydroxylation is 1. The van der Waals surface area contributed by atoms with E-state index in [2.05, 4.69) is 10.5 Å². The van der Waals surface area contributed by atoms with Crippen molar-refractivity contribution in [1.82, 2.24) is 5.43 Å². The summed E-state index contributed by atoms with van der Waals surface area (Å²) in [6, 6.07) is 18.4. The molecule has 0 heterocycles. The van der Waals surface area contributed by atoms with Crippen LogP contribution in [0.15, 0.2) is 76.7 Å². The highest BCUT2D eigenvalue weighted by molar-refractivity contribution is 7.87. The van der Waals surface area contributed by atoms with E-state index in [1.54, 1.807) is 68.6 Å². The first-order valence-corrected chi connectivity index (χ1v) is 11.9. The number of carbonyl (C=O) groups excluding carboxylic acids is 1. The number of amides is 1. The zero-order valence-electron chi connectivity index (χ0n) is 19.1. The number of benzene rings is 3. The molecule has 0 aromatic heterocycles. The fourth-order valence-corrected chi connectivity index (χ4v) is 4.00. The number of carbonyl (C=O) groups is 1. The Morgan fingerprint density at radius 3 is 2.50 bits per heavy atom. The molecule has 8 nitrogen and oxygen atoms in total. The first kappa shape index (κ1) is 24.8. The lowest BCUT2D eigenvalue weighted by Gasteiger charge is -2.14. The summed E-state index contributed by atoms with van der Waals surface area (Å²) < 4.78 is 41.9. The van der Waals surface area contributed by atoms with Gasteiger partial charge in [-0.3, -0.25) is 4.79 Å². The predicted octanol–water partition coefficient (Wildman–Crippen LogP) is 3.86. The molecule has 34 heavy (non-hydrogen) atoms. The van der Waals surface area contributed by atoms with Gasteiger partial charge in [-0.1, -0.05) is 35.9 Å². The highest BCUT2D eigenvalue weighted by Crippen LogP contribution is 2.33. The Morgan fingerprint density at radius 2 is 1.79 bits per heavy atom. The average molecular weight is 483 g/mol. The molecule has 3 aromatic carbocycles. The average Bonchev–Trinajstić information content (AvgIpc) is 2.81. The second-order valence-corrected chi connectivity index (χ2v) is 8.83. The Morgan fingerprint density at radius 1 is 1.06 bits per heavy atom. The van der Waals surface area contributed by atoms with Crippen molar-refractivity contribution in [2.75, 3.05) is 13.7 Å². The maximum atomic E-state index is 12.9. The first-order chi connectivity index (χ1) is 16.3. The number of hydrogen-bond acceptors (Lipinski definition) is 7. The summed E-state index contributed by atoms with van der Waals surface area (Å²) in [7, 11) is -2.57. The molecular formula is C25H26N2O6S. The molecule has 0 unspecified atom stereocenters. The van der Waals surface area contributed by atoms with Crippen LogP contribution in [0.2, 0.25) is 0 Å². The molecule has 0 bridgehead atoms.